The third-order valence-electron chi connectivity index (χ3n) is 6.64. The molecule has 4 atom stereocenters. The molecule has 0 radical (unpaired) electrons. The van der Waals surface area contributed by atoms with E-state index in [-0.39, 0.29) is 36.3 Å². The Hall–Kier alpha value is -3.05. The molecule has 3 aromatic rings. The monoisotopic (exact) mass is 486 g/mol. The molecule has 2 aromatic heterocycles. The lowest BCUT2D eigenvalue weighted by atomic mass is 9.97. The van der Waals surface area contributed by atoms with Crippen LogP contribution in [-0.2, 0) is 14.2 Å². The summed E-state index contributed by atoms with van der Waals surface area (Å²) in [5.74, 6) is -0.794. The number of aliphatic hydroxyl groups excluding tert-OH is 1. The van der Waals surface area contributed by atoms with Gasteiger partial charge in [0.05, 0.1) is 50.1 Å². The molecule has 0 aliphatic carbocycles. The normalized spacial score (nSPS) is 26.1. The average Bonchev–Trinajstić information content (AvgIpc) is 3.55. The van der Waals surface area contributed by atoms with Crippen molar-refractivity contribution in [3.05, 3.63) is 47.5 Å². The molecule has 2 saturated heterocycles. The van der Waals surface area contributed by atoms with Gasteiger partial charge in [-0.2, -0.15) is 0 Å². The molecule has 184 valence electrons. The summed E-state index contributed by atoms with van der Waals surface area (Å²) in [5.41, 5.74) is 2.21. The summed E-state index contributed by atoms with van der Waals surface area (Å²) in [6.07, 6.45) is 0.622. The van der Waals surface area contributed by atoms with Crippen LogP contribution in [0.1, 0.15) is 12.0 Å². The lowest BCUT2D eigenvalue weighted by Crippen LogP contribution is -2.34. The third kappa shape index (κ3) is 3.96. The molecule has 1 unspecified atom stereocenters. The first-order chi connectivity index (χ1) is 17.0. The van der Waals surface area contributed by atoms with Gasteiger partial charge in [0.15, 0.2) is 17.8 Å². The van der Waals surface area contributed by atoms with Crippen LogP contribution in [0.15, 0.2) is 30.3 Å². The van der Waals surface area contributed by atoms with Crippen LogP contribution in [0.5, 0.6) is 11.6 Å². The van der Waals surface area contributed by atoms with Gasteiger partial charge in [-0.1, -0.05) is 6.08 Å². The number of hydrogen-bond acceptors (Lipinski definition) is 7. The van der Waals surface area contributed by atoms with Crippen LogP contribution in [0.25, 0.3) is 27.9 Å². The van der Waals surface area contributed by atoms with Crippen LogP contribution < -0.4 is 9.47 Å². The SMILES string of the molecule is COc1cc(C2=CCOCC2)cc(F)c1-c1nc2cc(O[C@@H]3COC4[C@H](O)CO[C@@H]43)[nH]c2cc1F. The molecule has 0 amide bonds. The van der Waals surface area contributed by atoms with E-state index in [1.165, 1.54) is 19.2 Å². The number of nitrogens with zero attached hydrogens (tertiary/aromatic N) is 1. The van der Waals surface area contributed by atoms with Crippen molar-refractivity contribution in [2.75, 3.05) is 33.5 Å². The van der Waals surface area contributed by atoms with Crippen molar-refractivity contribution in [3.8, 4) is 22.9 Å². The molecule has 5 heterocycles. The van der Waals surface area contributed by atoms with Crippen molar-refractivity contribution in [2.45, 2.75) is 30.8 Å². The largest absolute Gasteiger partial charge is 0.496 e. The van der Waals surface area contributed by atoms with Gasteiger partial charge < -0.3 is 33.8 Å². The second kappa shape index (κ2) is 8.87. The number of H-pyrrole nitrogens is 1. The lowest BCUT2D eigenvalue weighted by Gasteiger charge is -2.17. The van der Waals surface area contributed by atoms with E-state index in [2.05, 4.69) is 9.97 Å². The van der Waals surface area contributed by atoms with Crippen molar-refractivity contribution >= 4 is 16.6 Å². The molecule has 10 heteroatoms. The summed E-state index contributed by atoms with van der Waals surface area (Å²) in [5, 5.41) is 9.91. The summed E-state index contributed by atoms with van der Waals surface area (Å²) in [6, 6.07) is 5.93. The minimum absolute atomic E-state index is 0.0487. The summed E-state index contributed by atoms with van der Waals surface area (Å²) in [4.78, 5) is 7.37. The Morgan fingerprint density at radius 1 is 1.09 bits per heavy atom. The maximum atomic E-state index is 15.3. The third-order valence-corrected chi connectivity index (χ3v) is 6.64. The number of aromatic nitrogens is 2. The Morgan fingerprint density at radius 3 is 2.74 bits per heavy atom. The topological polar surface area (TPSA) is 95.1 Å². The number of methoxy groups -OCH3 is 1. The molecule has 0 bridgehead atoms. The molecule has 35 heavy (non-hydrogen) atoms. The number of ether oxygens (including phenoxy) is 5. The van der Waals surface area contributed by atoms with Gasteiger partial charge in [-0.25, -0.2) is 13.8 Å². The van der Waals surface area contributed by atoms with E-state index in [4.69, 9.17) is 23.7 Å². The Morgan fingerprint density at radius 2 is 1.94 bits per heavy atom. The molecule has 0 spiro atoms. The van der Waals surface area contributed by atoms with E-state index in [0.29, 0.717) is 42.1 Å². The Labute approximate surface area is 199 Å². The van der Waals surface area contributed by atoms with Gasteiger partial charge in [0.1, 0.15) is 35.6 Å². The van der Waals surface area contributed by atoms with E-state index < -0.39 is 29.9 Å². The zero-order valence-corrected chi connectivity index (χ0v) is 18.9. The molecule has 2 N–H and O–H groups in total. The van der Waals surface area contributed by atoms with Gasteiger partial charge in [0.2, 0.25) is 0 Å². The predicted molar refractivity (Wildman–Crippen MR) is 121 cm³/mol. The zero-order chi connectivity index (χ0) is 24.1. The second-order valence-electron chi connectivity index (χ2n) is 8.79. The lowest BCUT2D eigenvalue weighted by molar-refractivity contribution is 0.00794. The molecule has 2 fully saturated rings. The zero-order valence-electron chi connectivity index (χ0n) is 18.9. The first-order valence-electron chi connectivity index (χ1n) is 11.4. The molecule has 3 aliphatic heterocycles. The van der Waals surface area contributed by atoms with E-state index in [1.54, 1.807) is 12.1 Å². The fourth-order valence-corrected chi connectivity index (χ4v) is 4.90. The van der Waals surface area contributed by atoms with Gasteiger partial charge in [0.25, 0.3) is 0 Å². The molecule has 1 aromatic carbocycles. The van der Waals surface area contributed by atoms with E-state index in [1.807, 2.05) is 6.08 Å². The molecule has 0 saturated carbocycles. The van der Waals surface area contributed by atoms with Crippen LogP contribution in [0.2, 0.25) is 0 Å². The quantitative estimate of drug-likeness (QED) is 0.572. The van der Waals surface area contributed by atoms with Gasteiger partial charge in [0, 0.05) is 12.1 Å². The minimum atomic E-state index is -0.701. The van der Waals surface area contributed by atoms with Crippen molar-refractivity contribution in [2.24, 2.45) is 0 Å². The van der Waals surface area contributed by atoms with Gasteiger partial charge in [-0.15, -0.1) is 0 Å². The van der Waals surface area contributed by atoms with Gasteiger partial charge >= 0.3 is 0 Å². The number of pyridine rings is 1. The number of fused-ring (bicyclic) bond motifs is 2. The Balaban J connectivity index is 1.33. The van der Waals surface area contributed by atoms with Gasteiger partial charge in [-0.05, 0) is 29.7 Å². The van der Waals surface area contributed by atoms with Crippen LogP contribution in [0, 0.1) is 11.6 Å². The highest BCUT2D eigenvalue weighted by molar-refractivity contribution is 5.83. The first kappa shape index (κ1) is 22.4. The number of aliphatic hydroxyl groups is 1. The highest BCUT2D eigenvalue weighted by atomic mass is 19.1. The predicted octanol–water partition coefficient (Wildman–Crippen LogP) is 3.23. The smallest absolute Gasteiger partial charge is 0.193 e. The summed E-state index contributed by atoms with van der Waals surface area (Å²) >= 11 is 0. The fraction of sp³-hybridized carbons (Fsp3) is 0.400. The van der Waals surface area contributed by atoms with Crippen molar-refractivity contribution in [1.82, 2.24) is 9.97 Å². The number of nitrogens with one attached hydrogen (secondary N) is 1. The second-order valence-corrected chi connectivity index (χ2v) is 8.79. The van der Waals surface area contributed by atoms with Crippen LogP contribution in [0.3, 0.4) is 0 Å². The first-order valence-corrected chi connectivity index (χ1v) is 11.4. The Kier molecular flexibility index (Phi) is 5.68. The van der Waals surface area contributed by atoms with E-state index >= 15 is 8.78 Å². The molecule has 6 rings (SSSR count). The molecule has 8 nitrogen and oxygen atoms in total. The number of hydrogen-bond donors (Lipinski definition) is 2. The van der Waals surface area contributed by atoms with Crippen LogP contribution >= 0.6 is 0 Å². The number of aromatic amines is 1. The van der Waals surface area contributed by atoms with Crippen LogP contribution in [0.4, 0.5) is 8.78 Å². The highest BCUT2D eigenvalue weighted by Gasteiger charge is 2.48. The summed E-state index contributed by atoms with van der Waals surface area (Å²) < 4.78 is 58.4. The van der Waals surface area contributed by atoms with E-state index in [0.717, 1.165) is 5.57 Å². The summed E-state index contributed by atoms with van der Waals surface area (Å²) in [6.45, 7) is 1.47. The number of halogens is 2. The average molecular weight is 486 g/mol. The number of benzene rings is 1. The molecular formula is C25H24F2N2O6. The molecule has 3 aliphatic rings. The van der Waals surface area contributed by atoms with Crippen molar-refractivity contribution in [1.29, 1.82) is 0 Å². The maximum absolute atomic E-state index is 15.3. The van der Waals surface area contributed by atoms with Crippen molar-refractivity contribution in [3.63, 3.8) is 0 Å². The minimum Gasteiger partial charge on any atom is -0.496 e. The van der Waals surface area contributed by atoms with E-state index in [9.17, 15) is 5.11 Å². The standard InChI is InChI=1S/C25H24F2N2O6/c1-31-19-7-13(12-2-4-32-5-3-12)6-14(26)22(19)23-15(27)8-16-17(29-23)9-21(28-16)35-20-11-34-24-18(30)10-33-25(20)24/h2,6-9,18,20,24-25,28,30H,3-5,10-11H2,1H3/t18-,20-,24?,25-/m1/s1. The number of rotatable bonds is 5. The fourth-order valence-electron chi connectivity index (χ4n) is 4.90. The summed E-state index contributed by atoms with van der Waals surface area (Å²) in [7, 11) is 1.41. The van der Waals surface area contributed by atoms with Crippen LogP contribution in [-0.4, -0.2) is 73.0 Å². The van der Waals surface area contributed by atoms with Gasteiger partial charge in [-0.3, -0.25) is 0 Å². The Bertz CT molecular complexity index is 1310. The maximum Gasteiger partial charge on any atom is 0.193 e. The molecular weight excluding hydrogens is 462 g/mol. The highest BCUT2D eigenvalue weighted by Crippen LogP contribution is 2.38. The van der Waals surface area contributed by atoms with Crippen molar-refractivity contribution < 1.29 is 37.6 Å².